The number of amides is 2. The highest BCUT2D eigenvalue weighted by Crippen LogP contribution is 2.10. The van der Waals surface area contributed by atoms with Crippen molar-refractivity contribution in [3.63, 3.8) is 0 Å². The summed E-state index contributed by atoms with van der Waals surface area (Å²) in [5.74, 6) is 0.847. The monoisotopic (exact) mass is 336 g/mol. The number of carbonyl (C=O) groups is 2. The molecule has 1 aliphatic rings. The molecule has 1 heterocycles. The number of carbonyl (C=O) groups excluding carboxylic acids is 2. The third-order valence-electron chi connectivity index (χ3n) is 4.26. The van der Waals surface area contributed by atoms with Crippen molar-refractivity contribution in [2.45, 2.75) is 32.6 Å². The Morgan fingerprint density at radius 3 is 2.00 bits per heavy atom. The van der Waals surface area contributed by atoms with Crippen LogP contribution in [0.1, 0.15) is 30.4 Å². The van der Waals surface area contributed by atoms with Gasteiger partial charge in [0.1, 0.15) is 0 Å². The number of alkyl halides is 1. The van der Waals surface area contributed by atoms with E-state index in [1.807, 2.05) is 9.80 Å². The molecule has 0 atom stereocenters. The summed E-state index contributed by atoms with van der Waals surface area (Å²) in [5, 5.41) is 0. The van der Waals surface area contributed by atoms with Gasteiger partial charge in [-0.2, -0.15) is 0 Å². The van der Waals surface area contributed by atoms with Crippen LogP contribution in [0.15, 0.2) is 24.3 Å². The number of nitrogens with zero attached hydrogens (tertiary/aromatic N) is 2. The van der Waals surface area contributed by atoms with Crippen molar-refractivity contribution in [3.8, 4) is 0 Å². The van der Waals surface area contributed by atoms with Gasteiger partial charge in [0.05, 0.1) is 0 Å². The number of aryl methyl sites for hydroxylation is 2. The van der Waals surface area contributed by atoms with Gasteiger partial charge < -0.3 is 9.80 Å². The van der Waals surface area contributed by atoms with Gasteiger partial charge in [-0.05, 0) is 25.3 Å². The third-order valence-corrected chi connectivity index (χ3v) is 4.52. The standard InChI is InChI=1S/C18H25ClN2O2/c1-15-4-6-16(7-5-15)8-9-18(23)21-13-11-20(12-14-21)17(22)3-2-10-19/h4-7H,2-3,8-14H2,1H3. The minimum absolute atomic E-state index is 0.150. The minimum Gasteiger partial charge on any atom is -0.339 e. The Morgan fingerprint density at radius 1 is 0.957 bits per heavy atom. The van der Waals surface area contributed by atoms with Crippen LogP contribution < -0.4 is 0 Å². The Bertz CT molecular complexity index is 522. The summed E-state index contributed by atoms with van der Waals surface area (Å²) in [5.41, 5.74) is 2.42. The van der Waals surface area contributed by atoms with Crippen LogP contribution in [0.3, 0.4) is 0 Å². The van der Waals surface area contributed by atoms with Crippen molar-refractivity contribution in [1.82, 2.24) is 9.80 Å². The van der Waals surface area contributed by atoms with E-state index >= 15 is 0 Å². The van der Waals surface area contributed by atoms with Gasteiger partial charge in [0, 0.05) is 44.9 Å². The summed E-state index contributed by atoms with van der Waals surface area (Å²) in [6.07, 6.45) is 2.53. The number of rotatable bonds is 6. The minimum atomic E-state index is 0.150. The van der Waals surface area contributed by atoms with Crippen molar-refractivity contribution in [3.05, 3.63) is 35.4 Å². The van der Waals surface area contributed by atoms with Gasteiger partial charge >= 0.3 is 0 Å². The van der Waals surface area contributed by atoms with Crippen molar-refractivity contribution in [2.24, 2.45) is 0 Å². The molecule has 1 aromatic rings. The molecule has 2 amide bonds. The molecule has 4 nitrogen and oxygen atoms in total. The predicted octanol–water partition coefficient (Wildman–Crippen LogP) is 2.62. The van der Waals surface area contributed by atoms with Gasteiger partial charge in [-0.25, -0.2) is 0 Å². The van der Waals surface area contributed by atoms with E-state index in [-0.39, 0.29) is 11.8 Å². The lowest BCUT2D eigenvalue weighted by atomic mass is 10.1. The summed E-state index contributed by atoms with van der Waals surface area (Å²) < 4.78 is 0. The molecule has 1 fully saturated rings. The topological polar surface area (TPSA) is 40.6 Å². The van der Waals surface area contributed by atoms with Crippen LogP contribution >= 0.6 is 11.6 Å². The fourth-order valence-electron chi connectivity index (χ4n) is 2.75. The van der Waals surface area contributed by atoms with Crippen LogP contribution in [0.5, 0.6) is 0 Å². The summed E-state index contributed by atoms with van der Waals surface area (Å²) >= 11 is 5.62. The molecule has 1 aromatic carbocycles. The molecule has 0 radical (unpaired) electrons. The first kappa shape index (κ1) is 17.8. The van der Waals surface area contributed by atoms with E-state index in [2.05, 4.69) is 31.2 Å². The normalized spacial score (nSPS) is 14.9. The second-order valence-electron chi connectivity index (χ2n) is 6.04. The van der Waals surface area contributed by atoms with Gasteiger partial charge in [-0.1, -0.05) is 29.8 Å². The lowest BCUT2D eigenvalue weighted by molar-refractivity contribution is -0.139. The maximum atomic E-state index is 12.3. The number of halogens is 1. The molecular formula is C18H25ClN2O2. The molecule has 5 heteroatoms. The number of hydrogen-bond acceptors (Lipinski definition) is 2. The second kappa shape index (κ2) is 8.92. The zero-order valence-electron chi connectivity index (χ0n) is 13.8. The fraction of sp³-hybridized carbons (Fsp3) is 0.556. The Balaban J connectivity index is 1.73. The molecule has 0 spiro atoms. The van der Waals surface area contributed by atoms with E-state index in [0.717, 1.165) is 12.8 Å². The third kappa shape index (κ3) is 5.54. The lowest BCUT2D eigenvalue weighted by Gasteiger charge is -2.35. The first-order valence-electron chi connectivity index (χ1n) is 8.27. The van der Waals surface area contributed by atoms with Gasteiger partial charge in [0.15, 0.2) is 0 Å². The summed E-state index contributed by atoms with van der Waals surface area (Å²) in [7, 11) is 0. The van der Waals surface area contributed by atoms with E-state index < -0.39 is 0 Å². The molecule has 2 rings (SSSR count). The van der Waals surface area contributed by atoms with E-state index in [9.17, 15) is 9.59 Å². The molecule has 0 aromatic heterocycles. The van der Waals surface area contributed by atoms with E-state index in [1.54, 1.807) is 0 Å². The van der Waals surface area contributed by atoms with E-state index in [4.69, 9.17) is 11.6 Å². The largest absolute Gasteiger partial charge is 0.339 e. The Morgan fingerprint density at radius 2 is 1.48 bits per heavy atom. The van der Waals surface area contributed by atoms with Crippen LogP contribution in [-0.4, -0.2) is 53.7 Å². The second-order valence-corrected chi connectivity index (χ2v) is 6.42. The fourth-order valence-corrected chi connectivity index (χ4v) is 2.88. The van der Waals surface area contributed by atoms with Gasteiger partial charge in [0.2, 0.25) is 11.8 Å². The quantitative estimate of drug-likeness (QED) is 0.749. The van der Waals surface area contributed by atoms with Gasteiger partial charge in [-0.3, -0.25) is 9.59 Å². The first-order valence-corrected chi connectivity index (χ1v) is 8.80. The predicted molar refractivity (Wildman–Crippen MR) is 92.6 cm³/mol. The van der Waals surface area contributed by atoms with Crippen molar-refractivity contribution in [1.29, 1.82) is 0 Å². The zero-order valence-corrected chi connectivity index (χ0v) is 14.5. The molecule has 0 bridgehead atoms. The van der Waals surface area contributed by atoms with E-state index in [1.165, 1.54) is 11.1 Å². The Labute approximate surface area is 143 Å². The van der Waals surface area contributed by atoms with Crippen molar-refractivity contribution < 1.29 is 9.59 Å². The SMILES string of the molecule is Cc1ccc(CCC(=O)N2CCN(C(=O)CCCCl)CC2)cc1. The smallest absolute Gasteiger partial charge is 0.223 e. The summed E-state index contributed by atoms with van der Waals surface area (Å²) in [6, 6.07) is 8.31. The van der Waals surface area contributed by atoms with Gasteiger partial charge in [-0.15, -0.1) is 11.6 Å². The molecule has 0 N–H and O–H groups in total. The maximum absolute atomic E-state index is 12.3. The molecule has 0 unspecified atom stereocenters. The highest BCUT2D eigenvalue weighted by atomic mass is 35.5. The Kier molecular flexibility index (Phi) is 6.90. The zero-order chi connectivity index (χ0) is 16.7. The van der Waals surface area contributed by atoms with Crippen LogP contribution in [-0.2, 0) is 16.0 Å². The van der Waals surface area contributed by atoms with Crippen molar-refractivity contribution >= 4 is 23.4 Å². The molecule has 1 aliphatic heterocycles. The summed E-state index contributed by atoms with van der Waals surface area (Å²) in [6.45, 7) is 4.61. The lowest BCUT2D eigenvalue weighted by Crippen LogP contribution is -2.50. The molecule has 0 saturated carbocycles. The molecule has 1 saturated heterocycles. The highest BCUT2D eigenvalue weighted by Gasteiger charge is 2.23. The number of piperazine rings is 1. The van der Waals surface area contributed by atoms with Crippen LogP contribution in [0.25, 0.3) is 0 Å². The molecule has 23 heavy (non-hydrogen) atoms. The number of hydrogen-bond donors (Lipinski definition) is 0. The summed E-state index contributed by atoms with van der Waals surface area (Å²) in [4.78, 5) is 27.9. The maximum Gasteiger partial charge on any atom is 0.223 e. The highest BCUT2D eigenvalue weighted by molar-refractivity contribution is 6.17. The first-order chi connectivity index (χ1) is 11.1. The number of benzene rings is 1. The average molecular weight is 337 g/mol. The molecule has 126 valence electrons. The Hall–Kier alpha value is -1.55. The van der Waals surface area contributed by atoms with Crippen LogP contribution in [0, 0.1) is 6.92 Å². The van der Waals surface area contributed by atoms with Gasteiger partial charge in [0.25, 0.3) is 0 Å². The van der Waals surface area contributed by atoms with E-state index in [0.29, 0.717) is 44.9 Å². The van der Waals surface area contributed by atoms with Crippen molar-refractivity contribution in [2.75, 3.05) is 32.1 Å². The molecular weight excluding hydrogens is 312 g/mol. The average Bonchev–Trinajstić information content (AvgIpc) is 2.59. The molecule has 0 aliphatic carbocycles. The van der Waals surface area contributed by atoms with Crippen LogP contribution in [0.2, 0.25) is 0 Å². The van der Waals surface area contributed by atoms with Crippen LogP contribution in [0.4, 0.5) is 0 Å².